The topological polar surface area (TPSA) is 15.3 Å². The molecule has 0 aliphatic rings. The minimum atomic E-state index is 0.705. The maximum absolute atomic E-state index is 3.31. The van der Waals surface area contributed by atoms with Crippen molar-refractivity contribution in [3.05, 3.63) is 0 Å². The lowest BCUT2D eigenvalue weighted by Gasteiger charge is -2.35. The molecule has 2 atom stereocenters. The summed E-state index contributed by atoms with van der Waals surface area (Å²) in [6, 6.07) is 1.42. The highest BCUT2D eigenvalue weighted by molar-refractivity contribution is 4.76. The summed E-state index contributed by atoms with van der Waals surface area (Å²) in [5.41, 5.74) is 0. The lowest BCUT2D eigenvalue weighted by molar-refractivity contribution is 0.132. The molecule has 1 N–H and O–H groups in total. The van der Waals surface area contributed by atoms with Gasteiger partial charge >= 0.3 is 0 Å². The van der Waals surface area contributed by atoms with E-state index in [2.05, 4.69) is 45.0 Å². The van der Waals surface area contributed by atoms with Crippen LogP contribution in [0.1, 0.15) is 53.4 Å². The Hall–Kier alpha value is -0.0800. The summed E-state index contributed by atoms with van der Waals surface area (Å²) in [6.07, 6.45) is 5.12. The minimum Gasteiger partial charge on any atom is -0.318 e. The fourth-order valence-electron chi connectivity index (χ4n) is 2.07. The fourth-order valence-corrected chi connectivity index (χ4v) is 2.07. The number of hydrogen-bond donors (Lipinski definition) is 1. The van der Waals surface area contributed by atoms with Gasteiger partial charge < -0.3 is 5.32 Å². The van der Waals surface area contributed by atoms with Crippen LogP contribution in [0, 0.1) is 0 Å². The molecular weight excluding hydrogens is 184 g/mol. The van der Waals surface area contributed by atoms with E-state index in [-0.39, 0.29) is 0 Å². The number of unbranched alkanes of at least 4 members (excludes halogenated alkanes) is 1. The molecule has 2 heteroatoms. The minimum absolute atomic E-state index is 0.705. The Balaban J connectivity index is 4.28. The lowest BCUT2D eigenvalue weighted by atomic mass is 10.1. The summed E-state index contributed by atoms with van der Waals surface area (Å²) in [7, 11) is 2.05. The Morgan fingerprint density at radius 2 is 1.80 bits per heavy atom. The third-order valence-electron chi connectivity index (χ3n) is 3.31. The lowest BCUT2D eigenvalue weighted by Crippen LogP contribution is -2.46. The van der Waals surface area contributed by atoms with E-state index in [1.165, 1.54) is 32.2 Å². The van der Waals surface area contributed by atoms with E-state index in [9.17, 15) is 0 Å². The molecule has 2 nitrogen and oxygen atoms in total. The van der Waals surface area contributed by atoms with Crippen LogP contribution in [0.25, 0.3) is 0 Å². The van der Waals surface area contributed by atoms with Gasteiger partial charge in [0.05, 0.1) is 0 Å². The molecule has 2 unspecified atom stereocenters. The van der Waals surface area contributed by atoms with Gasteiger partial charge in [0.2, 0.25) is 0 Å². The summed E-state index contributed by atoms with van der Waals surface area (Å²) >= 11 is 0. The third-order valence-corrected chi connectivity index (χ3v) is 3.31. The van der Waals surface area contributed by atoms with Gasteiger partial charge in [-0.05, 0) is 39.8 Å². The first kappa shape index (κ1) is 14.9. The molecule has 0 radical (unpaired) electrons. The average Bonchev–Trinajstić information content (AvgIpc) is 2.27. The number of likely N-dealkylation sites (N-methyl/N-ethyl adjacent to an activating group) is 1. The molecule has 0 aliphatic carbocycles. The molecule has 15 heavy (non-hydrogen) atoms. The molecule has 0 heterocycles. The molecular formula is C13H30N2. The van der Waals surface area contributed by atoms with Crippen LogP contribution in [-0.4, -0.2) is 37.1 Å². The molecule has 0 fully saturated rings. The van der Waals surface area contributed by atoms with Gasteiger partial charge in [0, 0.05) is 18.6 Å². The quantitative estimate of drug-likeness (QED) is 0.635. The maximum Gasteiger partial charge on any atom is 0.0220 e. The van der Waals surface area contributed by atoms with Crippen molar-refractivity contribution in [1.82, 2.24) is 10.2 Å². The normalized spacial score (nSPS) is 15.6. The second-order valence-corrected chi connectivity index (χ2v) is 4.47. The summed E-state index contributed by atoms with van der Waals surface area (Å²) in [5, 5.41) is 3.31. The van der Waals surface area contributed by atoms with Crippen LogP contribution in [0.15, 0.2) is 0 Å². The largest absolute Gasteiger partial charge is 0.318 e. The Labute approximate surface area is 96.4 Å². The van der Waals surface area contributed by atoms with Crippen LogP contribution < -0.4 is 5.32 Å². The highest BCUT2D eigenvalue weighted by Crippen LogP contribution is 2.12. The molecule has 92 valence electrons. The number of nitrogens with zero attached hydrogens (tertiary/aromatic N) is 1. The smallest absolute Gasteiger partial charge is 0.0220 e. The van der Waals surface area contributed by atoms with Crippen LogP contribution in [-0.2, 0) is 0 Å². The standard InChI is InChI=1S/C13H30N2/c1-6-9-10-15(12(4)7-2)13(8-3)11-14-5/h12-14H,6-11H2,1-5H3. The van der Waals surface area contributed by atoms with Gasteiger partial charge in [0.15, 0.2) is 0 Å². The van der Waals surface area contributed by atoms with Crippen molar-refractivity contribution in [2.45, 2.75) is 65.5 Å². The summed E-state index contributed by atoms with van der Waals surface area (Å²) in [6.45, 7) is 11.6. The van der Waals surface area contributed by atoms with Gasteiger partial charge in [-0.2, -0.15) is 0 Å². The van der Waals surface area contributed by atoms with E-state index in [1.54, 1.807) is 0 Å². The van der Waals surface area contributed by atoms with E-state index in [4.69, 9.17) is 0 Å². The fraction of sp³-hybridized carbons (Fsp3) is 1.00. The first-order valence-corrected chi connectivity index (χ1v) is 6.61. The molecule has 0 aromatic heterocycles. The van der Waals surface area contributed by atoms with Crippen molar-refractivity contribution >= 4 is 0 Å². The molecule has 0 amide bonds. The van der Waals surface area contributed by atoms with E-state index < -0.39 is 0 Å². The van der Waals surface area contributed by atoms with Gasteiger partial charge in [0.25, 0.3) is 0 Å². The Morgan fingerprint density at radius 3 is 2.20 bits per heavy atom. The van der Waals surface area contributed by atoms with Crippen molar-refractivity contribution < 1.29 is 0 Å². The van der Waals surface area contributed by atoms with Gasteiger partial charge in [-0.15, -0.1) is 0 Å². The number of nitrogens with one attached hydrogen (secondary N) is 1. The Kier molecular flexibility index (Phi) is 9.12. The predicted octanol–water partition coefficient (Wildman–Crippen LogP) is 2.89. The summed E-state index contributed by atoms with van der Waals surface area (Å²) in [4.78, 5) is 2.68. The molecule has 0 rings (SSSR count). The van der Waals surface area contributed by atoms with Crippen molar-refractivity contribution in [3.63, 3.8) is 0 Å². The Morgan fingerprint density at radius 1 is 1.13 bits per heavy atom. The highest BCUT2D eigenvalue weighted by atomic mass is 15.2. The van der Waals surface area contributed by atoms with Crippen LogP contribution in [0.2, 0.25) is 0 Å². The van der Waals surface area contributed by atoms with Gasteiger partial charge in [-0.1, -0.05) is 27.2 Å². The zero-order valence-corrected chi connectivity index (χ0v) is 11.3. The Bertz CT molecular complexity index is 136. The molecule has 0 saturated heterocycles. The van der Waals surface area contributed by atoms with E-state index in [0.717, 1.165) is 12.6 Å². The second-order valence-electron chi connectivity index (χ2n) is 4.47. The molecule has 0 aromatic carbocycles. The third kappa shape index (κ3) is 5.53. The second kappa shape index (κ2) is 9.17. The molecule has 0 aliphatic heterocycles. The van der Waals surface area contributed by atoms with E-state index in [0.29, 0.717) is 6.04 Å². The zero-order chi connectivity index (χ0) is 11.7. The van der Waals surface area contributed by atoms with Crippen LogP contribution in [0.4, 0.5) is 0 Å². The summed E-state index contributed by atoms with van der Waals surface area (Å²) in [5.74, 6) is 0. The van der Waals surface area contributed by atoms with Crippen molar-refractivity contribution in [2.24, 2.45) is 0 Å². The van der Waals surface area contributed by atoms with Crippen LogP contribution >= 0.6 is 0 Å². The monoisotopic (exact) mass is 214 g/mol. The molecule has 0 aromatic rings. The van der Waals surface area contributed by atoms with Crippen molar-refractivity contribution in [2.75, 3.05) is 20.1 Å². The first-order chi connectivity index (χ1) is 7.21. The average molecular weight is 214 g/mol. The summed E-state index contributed by atoms with van der Waals surface area (Å²) < 4.78 is 0. The van der Waals surface area contributed by atoms with Crippen molar-refractivity contribution in [1.29, 1.82) is 0 Å². The SMILES string of the molecule is CCCCN(C(C)CC)C(CC)CNC. The highest BCUT2D eigenvalue weighted by Gasteiger charge is 2.19. The zero-order valence-electron chi connectivity index (χ0n) is 11.3. The maximum atomic E-state index is 3.31. The van der Waals surface area contributed by atoms with Crippen molar-refractivity contribution in [3.8, 4) is 0 Å². The number of rotatable bonds is 9. The van der Waals surface area contributed by atoms with Crippen LogP contribution in [0.3, 0.4) is 0 Å². The van der Waals surface area contributed by atoms with Crippen LogP contribution in [0.5, 0.6) is 0 Å². The van der Waals surface area contributed by atoms with Gasteiger partial charge in [-0.3, -0.25) is 4.90 Å². The predicted molar refractivity (Wildman–Crippen MR) is 69.4 cm³/mol. The van der Waals surface area contributed by atoms with Gasteiger partial charge in [-0.25, -0.2) is 0 Å². The van der Waals surface area contributed by atoms with E-state index in [1.807, 2.05) is 0 Å². The molecule has 0 saturated carbocycles. The van der Waals surface area contributed by atoms with E-state index >= 15 is 0 Å². The van der Waals surface area contributed by atoms with Gasteiger partial charge in [0.1, 0.15) is 0 Å². The molecule has 0 spiro atoms. The molecule has 0 bridgehead atoms. The first-order valence-electron chi connectivity index (χ1n) is 6.61. The number of hydrogen-bond acceptors (Lipinski definition) is 2.